The molecule has 3 aromatic rings. The molecule has 0 atom stereocenters. The number of rotatable bonds is 2. The van der Waals surface area contributed by atoms with Gasteiger partial charge in [0.15, 0.2) is 5.03 Å². The van der Waals surface area contributed by atoms with E-state index in [-0.39, 0.29) is 5.03 Å². The molecule has 0 aliphatic carbocycles. The number of hydrogen-bond donors (Lipinski definition) is 0. The highest BCUT2D eigenvalue weighted by molar-refractivity contribution is 14.1. The van der Waals surface area contributed by atoms with Crippen LogP contribution in [0.5, 0.6) is 0 Å². The summed E-state index contributed by atoms with van der Waals surface area (Å²) in [5.41, 5.74) is -0.523. The predicted octanol–water partition coefficient (Wildman–Crippen LogP) is 4.69. The summed E-state index contributed by atoms with van der Waals surface area (Å²) in [6.07, 6.45) is -4.61. The molecule has 0 radical (unpaired) electrons. The summed E-state index contributed by atoms with van der Waals surface area (Å²) in [5, 5.41) is 0.475. The molecule has 0 N–H and O–H groups in total. The van der Waals surface area contributed by atoms with Gasteiger partial charge in [-0.1, -0.05) is 18.2 Å². The lowest BCUT2D eigenvalue weighted by Crippen LogP contribution is -2.09. The van der Waals surface area contributed by atoms with E-state index in [9.17, 15) is 21.6 Å². The van der Waals surface area contributed by atoms with Crippen molar-refractivity contribution in [2.24, 2.45) is 0 Å². The molecule has 1 heterocycles. The Balaban J connectivity index is 2.16. The van der Waals surface area contributed by atoms with Crippen molar-refractivity contribution in [3.05, 3.63) is 63.7 Å². The molecule has 0 bridgehead atoms. The molecule has 24 heavy (non-hydrogen) atoms. The van der Waals surface area contributed by atoms with E-state index < -0.39 is 26.5 Å². The van der Waals surface area contributed by atoms with Crippen LogP contribution in [-0.2, 0) is 16.0 Å². The van der Waals surface area contributed by atoms with Crippen LogP contribution < -0.4 is 0 Å². The van der Waals surface area contributed by atoms with E-state index in [0.29, 0.717) is 11.6 Å². The van der Waals surface area contributed by atoms with Gasteiger partial charge in [-0.3, -0.25) is 0 Å². The zero-order valence-corrected chi connectivity index (χ0v) is 14.9. The van der Waals surface area contributed by atoms with Crippen molar-refractivity contribution in [1.82, 2.24) is 4.98 Å². The smallest absolute Gasteiger partial charge is 0.235 e. The number of halogens is 4. The van der Waals surface area contributed by atoms with Crippen molar-refractivity contribution in [2.75, 3.05) is 0 Å². The predicted molar refractivity (Wildman–Crippen MR) is 91.4 cm³/mol. The molecule has 0 amide bonds. The molecule has 0 saturated carbocycles. The summed E-state index contributed by atoms with van der Waals surface area (Å²) in [7, 11) is -4.14. The first-order valence-corrected chi connectivity index (χ1v) is 9.23. The third kappa shape index (κ3) is 3.12. The van der Waals surface area contributed by atoms with Gasteiger partial charge in [-0.05, 0) is 59.0 Å². The van der Waals surface area contributed by atoms with Crippen LogP contribution in [0.3, 0.4) is 0 Å². The molecule has 8 heteroatoms. The Labute approximate surface area is 149 Å². The summed E-state index contributed by atoms with van der Waals surface area (Å²) in [6.45, 7) is 0. The molecule has 0 aliphatic rings. The lowest BCUT2D eigenvalue weighted by atomic mass is 10.2. The van der Waals surface area contributed by atoms with Crippen LogP contribution in [0.1, 0.15) is 5.56 Å². The summed E-state index contributed by atoms with van der Waals surface area (Å²) < 4.78 is 64.5. The fourth-order valence-electron chi connectivity index (χ4n) is 2.20. The summed E-state index contributed by atoms with van der Waals surface area (Å²) >= 11 is 2.03. The van der Waals surface area contributed by atoms with Crippen LogP contribution in [-0.4, -0.2) is 13.4 Å². The van der Waals surface area contributed by atoms with Crippen LogP contribution in [0.15, 0.2) is 64.5 Å². The van der Waals surface area contributed by atoms with Gasteiger partial charge in [-0.15, -0.1) is 0 Å². The van der Waals surface area contributed by atoms with Crippen LogP contribution in [0, 0.1) is 3.57 Å². The van der Waals surface area contributed by atoms with E-state index in [0.717, 1.165) is 27.2 Å². The van der Waals surface area contributed by atoms with Crippen LogP contribution in [0.2, 0.25) is 0 Å². The highest BCUT2D eigenvalue weighted by Crippen LogP contribution is 2.32. The second-order valence-electron chi connectivity index (χ2n) is 4.99. The summed E-state index contributed by atoms with van der Waals surface area (Å²) in [4.78, 5) is 3.70. The quantitative estimate of drug-likeness (QED) is 0.519. The van der Waals surface area contributed by atoms with E-state index in [1.807, 2.05) is 28.7 Å². The number of benzene rings is 2. The van der Waals surface area contributed by atoms with Gasteiger partial charge in [-0.25, -0.2) is 13.4 Å². The van der Waals surface area contributed by atoms with Crippen molar-refractivity contribution in [2.45, 2.75) is 16.1 Å². The number of alkyl halides is 3. The van der Waals surface area contributed by atoms with Crippen molar-refractivity contribution in [1.29, 1.82) is 0 Å². The van der Waals surface area contributed by atoms with E-state index >= 15 is 0 Å². The molecular formula is C16H9F3INO2S. The van der Waals surface area contributed by atoms with Crippen molar-refractivity contribution < 1.29 is 21.6 Å². The van der Waals surface area contributed by atoms with Crippen molar-refractivity contribution in [3.63, 3.8) is 0 Å². The fraction of sp³-hybridized carbons (Fsp3) is 0.0625. The van der Waals surface area contributed by atoms with Gasteiger partial charge in [0.2, 0.25) is 9.84 Å². The molecule has 0 fully saturated rings. The highest BCUT2D eigenvalue weighted by Gasteiger charge is 2.32. The number of nitrogens with zero attached hydrogens (tertiary/aromatic N) is 1. The summed E-state index contributed by atoms with van der Waals surface area (Å²) in [5.74, 6) is 0. The minimum atomic E-state index is -4.61. The molecule has 2 aromatic carbocycles. The third-order valence-corrected chi connectivity index (χ3v) is 5.92. The number of fused-ring (bicyclic) bond motifs is 1. The number of para-hydroxylation sites is 1. The number of pyridine rings is 1. The second-order valence-corrected chi connectivity index (χ2v) is 8.05. The molecule has 3 rings (SSSR count). The first kappa shape index (κ1) is 17.2. The molecular weight excluding hydrogens is 454 g/mol. The maximum atomic E-state index is 12.8. The molecule has 0 unspecified atom stereocenters. The lowest BCUT2D eigenvalue weighted by Gasteiger charge is -2.10. The van der Waals surface area contributed by atoms with Crippen LogP contribution >= 0.6 is 22.6 Å². The average Bonchev–Trinajstić information content (AvgIpc) is 2.54. The minimum Gasteiger partial charge on any atom is -0.235 e. The molecule has 124 valence electrons. The third-order valence-electron chi connectivity index (χ3n) is 3.39. The van der Waals surface area contributed by atoms with Gasteiger partial charge < -0.3 is 0 Å². The average molecular weight is 463 g/mol. The van der Waals surface area contributed by atoms with Crippen molar-refractivity contribution in [3.8, 4) is 0 Å². The Bertz CT molecular complexity index is 1030. The van der Waals surface area contributed by atoms with Gasteiger partial charge in [0.25, 0.3) is 0 Å². The zero-order chi connectivity index (χ0) is 17.5. The Morgan fingerprint density at radius 2 is 1.67 bits per heavy atom. The van der Waals surface area contributed by atoms with Gasteiger partial charge in [0, 0.05) is 8.96 Å². The molecule has 0 saturated heterocycles. The Morgan fingerprint density at radius 3 is 2.38 bits per heavy atom. The molecule has 0 aliphatic heterocycles. The summed E-state index contributed by atoms with van der Waals surface area (Å²) in [6, 6.07) is 11.9. The first-order valence-electron chi connectivity index (χ1n) is 6.67. The SMILES string of the molecule is O=S(=O)(c1cccc(C(F)(F)F)c1)c1ccc2cccc(I)c2n1. The lowest BCUT2D eigenvalue weighted by molar-refractivity contribution is -0.137. The van der Waals surface area contributed by atoms with Crippen LogP contribution in [0.4, 0.5) is 13.2 Å². The number of aromatic nitrogens is 1. The minimum absolute atomic E-state index is 0.279. The topological polar surface area (TPSA) is 47.0 Å². The van der Waals surface area contributed by atoms with E-state index in [2.05, 4.69) is 4.98 Å². The van der Waals surface area contributed by atoms with E-state index in [1.54, 1.807) is 18.2 Å². The Kier molecular flexibility index (Phi) is 4.28. The Morgan fingerprint density at radius 1 is 0.958 bits per heavy atom. The fourth-order valence-corrected chi connectivity index (χ4v) is 4.08. The van der Waals surface area contributed by atoms with E-state index in [4.69, 9.17) is 0 Å². The Hall–Kier alpha value is -1.68. The monoisotopic (exact) mass is 463 g/mol. The van der Waals surface area contributed by atoms with Gasteiger partial charge in [0.05, 0.1) is 16.0 Å². The number of hydrogen-bond acceptors (Lipinski definition) is 3. The van der Waals surface area contributed by atoms with Crippen molar-refractivity contribution >= 4 is 43.3 Å². The van der Waals surface area contributed by atoms with Gasteiger partial charge in [-0.2, -0.15) is 13.2 Å². The van der Waals surface area contributed by atoms with E-state index in [1.165, 1.54) is 6.07 Å². The maximum absolute atomic E-state index is 12.8. The maximum Gasteiger partial charge on any atom is 0.416 e. The molecule has 1 aromatic heterocycles. The first-order chi connectivity index (χ1) is 11.2. The van der Waals surface area contributed by atoms with Crippen LogP contribution in [0.25, 0.3) is 10.9 Å². The normalized spacial score (nSPS) is 12.5. The van der Waals surface area contributed by atoms with Gasteiger partial charge >= 0.3 is 6.18 Å². The largest absolute Gasteiger partial charge is 0.416 e. The highest BCUT2D eigenvalue weighted by atomic mass is 127. The molecule has 3 nitrogen and oxygen atoms in total. The second kappa shape index (κ2) is 5.99. The van der Waals surface area contributed by atoms with Gasteiger partial charge in [0.1, 0.15) is 0 Å². The number of sulfone groups is 1. The molecule has 0 spiro atoms. The zero-order valence-electron chi connectivity index (χ0n) is 11.9. The standard InChI is InChI=1S/C16H9F3INO2S/c17-16(18,19)11-4-2-5-12(9-11)24(22,23)14-8-7-10-3-1-6-13(20)15(10)21-14/h1-9H.